The molecule has 1 aliphatic heterocycles. The lowest BCUT2D eigenvalue weighted by atomic mass is 9.89. The predicted molar refractivity (Wildman–Crippen MR) is 51.0 cm³/mol. The molecule has 0 amide bonds. The zero-order chi connectivity index (χ0) is 10.0. The molecule has 3 nitrogen and oxygen atoms in total. The maximum absolute atomic E-state index is 11.1. The first-order valence-corrected chi connectivity index (χ1v) is 4.56. The van der Waals surface area contributed by atoms with Crippen LogP contribution >= 0.6 is 0 Å². The van der Waals surface area contributed by atoms with Gasteiger partial charge in [0.05, 0.1) is 0 Å². The Bertz CT molecular complexity index is 334. The van der Waals surface area contributed by atoms with Gasteiger partial charge in [-0.3, -0.25) is 4.79 Å². The lowest BCUT2D eigenvalue weighted by molar-refractivity contribution is -0.186. The van der Waals surface area contributed by atoms with Gasteiger partial charge in [0.1, 0.15) is 24.4 Å². The zero-order valence-corrected chi connectivity index (χ0v) is 8.03. The van der Waals surface area contributed by atoms with Crippen molar-refractivity contribution in [3.8, 4) is 5.75 Å². The number of para-hydroxylation sites is 1. The molecule has 1 aliphatic rings. The quantitative estimate of drug-likeness (QED) is 0.683. The van der Waals surface area contributed by atoms with E-state index in [1.165, 1.54) is 0 Å². The first-order chi connectivity index (χ1) is 6.71. The van der Waals surface area contributed by atoms with E-state index in [2.05, 4.69) is 0 Å². The predicted octanol–water partition coefficient (Wildman–Crippen LogP) is 1.63. The van der Waals surface area contributed by atoms with E-state index in [1.807, 2.05) is 37.3 Å². The maximum atomic E-state index is 11.1. The van der Waals surface area contributed by atoms with Crippen molar-refractivity contribution in [2.24, 2.45) is 5.41 Å². The molecular formula is C11H12O3. The van der Waals surface area contributed by atoms with Crippen molar-refractivity contribution in [1.82, 2.24) is 0 Å². The third kappa shape index (κ3) is 1.58. The van der Waals surface area contributed by atoms with Gasteiger partial charge in [-0.2, -0.15) is 0 Å². The fourth-order valence-corrected chi connectivity index (χ4v) is 1.24. The molecule has 0 aliphatic carbocycles. The monoisotopic (exact) mass is 192 g/mol. The summed E-state index contributed by atoms with van der Waals surface area (Å²) in [5.74, 6) is 0.613. The van der Waals surface area contributed by atoms with Crippen LogP contribution in [0.4, 0.5) is 0 Å². The third-order valence-electron chi connectivity index (χ3n) is 2.32. The lowest BCUT2D eigenvalue weighted by Crippen LogP contribution is -2.49. The molecule has 0 aromatic heterocycles. The summed E-state index contributed by atoms with van der Waals surface area (Å²) in [5.41, 5.74) is -0.449. The van der Waals surface area contributed by atoms with Crippen molar-refractivity contribution in [3.05, 3.63) is 30.3 Å². The van der Waals surface area contributed by atoms with E-state index < -0.39 is 5.41 Å². The molecule has 3 heteroatoms. The van der Waals surface area contributed by atoms with E-state index in [-0.39, 0.29) is 5.97 Å². The van der Waals surface area contributed by atoms with Gasteiger partial charge in [0, 0.05) is 0 Å². The number of cyclic esters (lactones) is 1. The Morgan fingerprint density at radius 1 is 1.43 bits per heavy atom. The van der Waals surface area contributed by atoms with Gasteiger partial charge in [-0.25, -0.2) is 0 Å². The number of benzene rings is 1. The minimum atomic E-state index is -0.449. The summed E-state index contributed by atoms with van der Waals surface area (Å²) in [4.78, 5) is 11.1. The Balaban J connectivity index is 1.92. The lowest BCUT2D eigenvalue weighted by Gasteiger charge is -2.35. The summed E-state index contributed by atoms with van der Waals surface area (Å²) in [6.45, 7) is 2.69. The van der Waals surface area contributed by atoms with Crippen LogP contribution in [0, 0.1) is 5.41 Å². The molecule has 0 bridgehead atoms. The molecule has 1 aromatic rings. The molecule has 2 rings (SSSR count). The number of ether oxygens (including phenoxy) is 2. The fraction of sp³-hybridized carbons (Fsp3) is 0.364. The Hall–Kier alpha value is -1.51. The average molecular weight is 192 g/mol. The molecule has 1 atom stereocenters. The van der Waals surface area contributed by atoms with Crippen molar-refractivity contribution >= 4 is 5.97 Å². The zero-order valence-electron chi connectivity index (χ0n) is 8.03. The van der Waals surface area contributed by atoms with Crippen LogP contribution < -0.4 is 4.74 Å². The minimum Gasteiger partial charge on any atom is -0.492 e. The number of esters is 1. The smallest absolute Gasteiger partial charge is 0.318 e. The van der Waals surface area contributed by atoms with Crippen molar-refractivity contribution in [1.29, 1.82) is 0 Å². The molecule has 0 radical (unpaired) electrons. The second kappa shape index (κ2) is 3.33. The fourth-order valence-electron chi connectivity index (χ4n) is 1.24. The first kappa shape index (κ1) is 9.06. The highest BCUT2D eigenvalue weighted by atomic mass is 16.6. The van der Waals surface area contributed by atoms with E-state index in [9.17, 15) is 4.79 Å². The SMILES string of the molecule is CC1(COc2ccccc2)COC1=O. The summed E-state index contributed by atoms with van der Waals surface area (Å²) >= 11 is 0. The van der Waals surface area contributed by atoms with Crippen LogP contribution in [0.25, 0.3) is 0 Å². The molecule has 74 valence electrons. The van der Waals surface area contributed by atoms with Crippen LogP contribution in [0.15, 0.2) is 30.3 Å². The molecule has 1 unspecified atom stereocenters. The van der Waals surface area contributed by atoms with E-state index in [4.69, 9.17) is 9.47 Å². The average Bonchev–Trinajstić information content (AvgIpc) is 2.25. The van der Waals surface area contributed by atoms with Gasteiger partial charge in [0.15, 0.2) is 0 Å². The number of hydrogen-bond donors (Lipinski definition) is 0. The largest absolute Gasteiger partial charge is 0.492 e. The van der Waals surface area contributed by atoms with Crippen LogP contribution in [0.5, 0.6) is 5.75 Å². The van der Waals surface area contributed by atoms with Gasteiger partial charge >= 0.3 is 5.97 Å². The van der Waals surface area contributed by atoms with Gasteiger partial charge in [-0.15, -0.1) is 0 Å². The molecule has 1 fully saturated rings. The molecule has 0 saturated carbocycles. The normalized spacial score (nSPS) is 25.1. The summed E-state index contributed by atoms with van der Waals surface area (Å²) < 4.78 is 10.2. The topological polar surface area (TPSA) is 35.5 Å². The number of carbonyl (C=O) groups is 1. The molecule has 0 N–H and O–H groups in total. The molecule has 0 spiro atoms. The second-order valence-corrected chi connectivity index (χ2v) is 3.74. The minimum absolute atomic E-state index is 0.173. The van der Waals surface area contributed by atoms with Crippen LogP contribution in [0.1, 0.15) is 6.92 Å². The van der Waals surface area contributed by atoms with Crippen LogP contribution in [-0.2, 0) is 9.53 Å². The standard InChI is InChI=1S/C11H12O3/c1-11(8-14-10(11)12)7-13-9-5-3-2-4-6-9/h2-6H,7-8H2,1H3. The number of hydrogen-bond acceptors (Lipinski definition) is 3. The third-order valence-corrected chi connectivity index (χ3v) is 2.32. The Morgan fingerprint density at radius 3 is 2.64 bits per heavy atom. The van der Waals surface area contributed by atoms with E-state index in [0.29, 0.717) is 13.2 Å². The highest BCUT2D eigenvalue weighted by molar-refractivity contribution is 5.81. The second-order valence-electron chi connectivity index (χ2n) is 3.74. The molecule has 1 aromatic carbocycles. The van der Waals surface area contributed by atoms with Crippen LogP contribution in [0.2, 0.25) is 0 Å². The Kier molecular flexibility index (Phi) is 2.15. The summed E-state index contributed by atoms with van der Waals surface area (Å²) in [5, 5.41) is 0. The number of rotatable bonds is 3. The summed E-state index contributed by atoms with van der Waals surface area (Å²) in [6, 6.07) is 9.46. The van der Waals surface area contributed by atoms with Gasteiger partial charge in [-0.1, -0.05) is 18.2 Å². The molecule has 1 saturated heterocycles. The Morgan fingerprint density at radius 2 is 2.14 bits per heavy atom. The van der Waals surface area contributed by atoms with Gasteiger partial charge in [0.2, 0.25) is 0 Å². The van der Waals surface area contributed by atoms with E-state index >= 15 is 0 Å². The molecular weight excluding hydrogens is 180 g/mol. The summed E-state index contributed by atoms with van der Waals surface area (Å²) in [6.07, 6.45) is 0. The van der Waals surface area contributed by atoms with Crippen LogP contribution in [0.3, 0.4) is 0 Å². The van der Waals surface area contributed by atoms with Crippen LogP contribution in [-0.4, -0.2) is 19.2 Å². The summed E-state index contributed by atoms with van der Waals surface area (Å²) in [7, 11) is 0. The van der Waals surface area contributed by atoms with Gasteiger partial charge in [-0.05, 0) is 19.1 Å². The highest BCUT2D eigenvalue weighted by Gasteiger charge is 2.45. The first-order valence-electron chi connectivity index (χ1n) is 4.56. The molecule has 1 heterocycles. The maximum Gasteiger partial charge on any atom is 0.318 e. The highest BCUT2D eigenvalue weighted by Crippen LogP contribution is 2.29. The van der Waals surface area contributed by atoms with E-state index in [0.717, 1.165) is 5.75 Å². The van der Waals surface area contributed by atoms with Crippen molar-refractivity contribution in [3.63, 3.8) is 0 Å². The molecule has 14 heavy (non-hydrogen) atoms. The van der Waals surface area contributed by atoms with Gasteiger partial charge < -0.3 is 9.47 Å². The van der Waals surface area contributed by atoms with E-state index in [1.54, 1.807) is 0 Å². The van der Waals surface area contributed by atoms with Crippen molar-refractivity contribution in [2.45, 2.75) is 6.92 Å². The van der Waals surface area contributed by atoms with Crippen molar-refractivity contribution in [2.75, 3.05) is 13.2 Å². The van der Waals surface area contributed by atoms with Gasteiger partial charge in [0.25, 0.3) is 0 Å². The van der Waals surface area contributed by atoms with Crippen molar-refractivity contribution < 1.29 is 14.3 Å². The Labute approximate surface area is 82.6 Å². The number of carbonyl (C=O) groups excluding carboxylic acids is 1.